The van der Waals surface area contributed by atoms with Crippen molar-refractivity contribution in [2.24, 2.45) is 4.99 Å². The highest BCUT2D eigenvalue weighted by molar-refractivity contribution is 14.0. The minimum absolute atomic E-state index is 0. The highest BCUT2D eigenvalue weighted by Gasteiger charge is 2.20. The Kier molecular flexibility index (Phi) is 10.9. The largest absolute Gasteiger partial charge is 0.379 e. The molecule has 2 saturated heterocycles. The van der Waals surface area contributed by atoms with E-state index in [0.29, 0.717) is 6.04 Å². The maximum Gasteiger partial charge on any atom is 0.191 e. The molecule has 0 amide bonds. The lowest BCUT2D eigenvalue weighted by Crippen LogP contribution is -2.48. The molecule has 2 N–H and O–H groups in total. The summed E-state index contributed by atoms with van der Waals surface area (Å²) in [6.45, 7) is 8.77. The zero-order valence-electron chi connectivity index (χ0n) is 19.7. The van der Waals surface area contributed by atoms with E-state index in [2.05, 4.69) is 80.0 Å². The normalized spacial score (nSPS) is 18.5. The number of hydrogen-bond donors (Lipinski definition) is 2. The molecule has 2 heterocycles. The van der Waals surface area contributed by atoms with Crippen molar-refractivity contribution >= 4 is 29.9 Å². The Morgan fingerprint density at radius 3 is 2.24 bits per heavy atom. The van der Waals surface area contributed by atoms with Gasteiger partial charge in [-0.3, -0.25) is 14.8 Å². The molecule has 2 aromatic carbocycles. The maximum atomic E-state index is 5.46. The predicted octanol–water partition coefficient (Wildman–Crippen LogP) is 3.47. The van der Waals surface area contributed by atoms with Crippen molar-refractivity contribution < 1.29 is 4.74 Å². The Hall–Kier alpha value is -1.68. The summed E-state index contributed by atoms with van der Waals surface area (Å²) in [7, 11) is 1.86. The fourth-order valence-corrected chi connectivity index (χ4v) is 4.51. The van der Waals surface area contributed by atoms with E-state index in [0.717, 1.165) is 77.8 Å². The molecule has 0 radical (unpaired) electrons. The van der Waals surface area contributed by atoms with Crippen molar-refractivity contribution in [3.05, 3.63) is 71.3 Å². The Morgan fingerprint density at radius 1 is 0.879 bits per heavy atom. The molecule has 4 rings (SSSR count). The lowest BCUT2D eigenvalue weighted by atomic mass is 10.0. The van der Waals surface area contributed by atoms with Crippen LogP contribution in [-0.2, 0) is 24.4 Å². The summed E-state index contributed by atoms with van der Waals surface area (Å²) in [4.78, 5) is 9.46. The second-order valence-electron chi connectivity index (χ2n) is 8.81. The van der Waals surface area contributed by atoms with Crippen molar-refractivity contribution in [1.29, 1.82) is 0 Å². The van der Waals surface area contributed by atoms with Gasteiger partial charge >= 0.3 is 0 Å². The van der Waals surface area contributed by atoms with Crippen LogP contribution in [-0.4, -0.2) is 68.2 Å². The average molecular weight is 564 g/mol. The van der Waals surface area contributed by atoms with E-state index in [1.165, 1.54) is 16.7 Å². The second-order valence-corrected chi connectivity index (χ2v) is 8.81. The molecule has 180 valence electrons. The van der Waals surface area contributed by atoms with E-state index in [4.69, 9.17) is 4.74 Å². The van der Waals surface area contributed by atoms with Gasteiger partial charge in [-0.1, -0.05) is 54.6 Å². The van der Waals surface area contributed by atoms with Crippen LogP contribution >= 0.6 is 24.0 Å². The molecule has 0 aromatic heterocycles. The standard InChI is InChI=1S/C26H37N5O.HI/c1-27-26(29-25-10-12-30(13-11-25)20-22-6-3-2-4-7-22)28-19-23-8-5-9-24(18-23)21-31-14-16-32-17-15-31;/h2-9,18,25H,10-17,19-21H2,1H3,(H2,27,28,29);1H. The number of benzene rings is 2. The van der Waals surface area contributed by atoms with Crippen LogP contribution in [0.3, 0.4) is 0 Å². The number of nitrogens with zero attached hydrogens (tertiary/aromatic N) is 3. The van der Waals surface area contributed by atoms with Gasteiger partial charge in [-0.2, -0.15) is 0 Å². The molecule has 2 fully saturated rings. The molecule has 2 aliphatic heterocycles. The number of guanidine groups is 1. The number of aliphatic imine (C=N–C) groups is 1. The third-order valence-electron chi connectivity index (χ3n) is 6.36. The van der Waals surface area contributed by atoms with E-state index in [1.54, 1.807) is 0 Å². The zero-order chi connectivity index (χ0) is 22.0. The third-order valence-corrected chi connectivity index (χ3v) is 6.36. The summed E-state index contributed by atoms with van der Waals surface area (Å²) in [5.74, 6) is 0.894. The molecule has 0 bridgehead atoms. The Morgan fingerprint density at radius 2 is 1.52 bits per heavy atom. The Balaban J connectivity index is 0.00000306. The van der Waals surface area contributed by atoms with E-state index < -0.39 is 0 Å². The second kappa shape index (κ2) is 13.9. The maximum absolute atomic E-state index is 5.46. The van der Waals surface area contributed by atoms with Crippen molar-refractivity contribution in [1.82, 2.24) is 20.4 Å². The molecule has 6 nitrogen and oxygen atoms in total. The third kappa shape index (κ3) is 8.55. The molecule has 7 heteroatoms. The zero-order valence-corrected chi connectivity index (χ0v) is 22.0. The molecular formula is C26H38IN5O. The summed E-state index contributed by atoms with van der Waals surface area (Å²) in [5, 5.41) is 7.14. The first-order valence-corrected chi connectivity index (χ1v) is 11.9. The van der Waals surface area contributed by atoms with E-state index >= 15 is 0 Å². The minimum Gasteiger partial charge on any atom is -0.379 e. The lowest BCUT2D eigenvalue weighted by Gasteiger charge is -2.33. The smallest absolute Gasteiger partial charge is 0.191 e. The SMILES string of the molecule is CN=C(NCc1cccc(CN2CCOCC2)c1)NC1CCN(Cc2ccccc2)CC1.I. The first-order chi connectivity index (χ1) is 15.8. The first-order valence-electron chi connectivity index (χ1n) is 11.9. The summed E-state index contributed by atoms with van der Waals surface area (Å²) in [6, 6.07) is 20.1. The van der Waals surface area contributed by atoms with Gasteiger partial charge in [0.05, 0.1) is 13.2 Å². The number of piperidine rings is 1. The summed E-state index contributed by atoms with van der Waals surface area (Å²) in [5.41, 5.74) is 4.04. The predicted molar refractivity (Wildman–Crippen MR) is 146 cm³/mol. The monoisotopic (exact) mass is 563 g/mol. The van der Waals surface area contributed by atoms with E-state index in [-0.39, 0.29) is 24.0 Å². The first kappa shape index (κ1) is 25.9. The summed E-state index contributed by atoms with van der Waals surface area (Å²) in [6.07, 6.45) is 2.28. The van der Waals surface area contributed by atoms with Crippen LogP contribution < -0.4 is 10.6 Å². The van der Waals surface area contributed by atoms with Gasteiger partial charge in [0.15, 0.2) is 5.96 Å². The Bertz CT molecular complexity index is 849. The molecule has 0 atom stereocenters. The number of rotatable bonds is 7. The highest BCUT2D eigenvalue weighted by atomic mass is 127. The molecule has 33 heavy (non-hydrogen) atoms. The fourth-order valence-electron chi connectivity index (χ4n) is 4.51. The van der Waals surface area contributed by atoms with Gasteiger partial charge in [0, 0.05) is 58.9 Å². The van der Waals surface area contributed by atoms with Crippen LogP contribution in [0.25, 0.3) is 0 Å². The average Bonchev–Trinajstić information content (AvgIpc) is 2.84. The number of likely N-dealkylation sites (tertiary alicyclic amines) is 1. The fraction of sp³-hybridized carbons (Fsp3) is 0.500. The number of hydrogen-bond acceptors (Lipinski definition) is 4. The Labute approximate surface area is 215 Å². The number of morpholine rings is 1. The number of ether oxygens (including phenoxy) is 1. The topological polar surface area (TPSA) is 52.1 Å². The van der Waals surface area contributed by atoms with Crippen molar-refractivity contribution in [2.45, 2.75) is 38.5 Å². The highest BCUT2D eigenvalue weighted by Crippen LogP contribution is 2.14. The summed E-state index contributed by atoms with van der Waals surface area (Å²) < 4.78 is 5.46. The van der Waals surface area contributed by atoms with Gasteiger partial charge in [0.1, 0.15) is 0 Å². The van der Waals surface area contributed by atoms with Gasteiger partial charge in [-0.15, -0.1) is 24.0 Å². The summed E-state index contributed by atoms with van der Waals surface area (Å²) >= 11 is 0. The van der Waals surface area contributed by atoms with Crippen LogP contribution in [0.2, 0.25) is 0 Å². The number of halogens is 1. The van der Waals surface area contributed by atoms with Gasteiger partial charge in [0.2, 0.25) is 0 Å². The van der Waals surface area contributed by atoms with Crippen LogP contribution in [0, 0.1) is 0 Å². The van der Waals surface area contributed by atoms with Crippen molar-refractivity contribution in [3.63, 3.8) is 0 Å². The molecule has 2 aliphatic rings. The van der Waals surface area contributed by atoms with Gasteiger partial charge < -0.3 is 15.4 Å². The molecule has 0 unspecified atom stereocenters. The molecule has 0 spiro atoms. The minimum atomic E-state index is 0. The van der Waals surface area contributed by atoms with E-state index in [9.17, 15) is 0 Å². The van der Waals surface area contributed by atoms with Gasteiger partial charge in [0.25, 0.3) is 0 Å². The van der Waals surface area contributed by atoms with Crippen molar-refractivity contribution in [3.8, 4) is 0 Å². The number of nitrogens with one attached hydrogen (secondary N) is 2. The molecule has 2 aromatic rings. The van der Waals surface area contributed by atoms with Crippen LogP contribution in [0.1, 0.15) is 29.5 Å². The van der Waals surface area contributed by atoms with Gasteiger partial charge in [-0.25, -0.2) is 0 Å². The van der Waals surface area contributed by atoms with Crippen LogP contribution in [0.5, 0.6) is 0 Å². The lowest BCUT2D eigenvalue weighted by molar-refractivity contribution is 0.0342. The molecule has 0 aliphatic carbocycles. The van der Waals surface area contributed by atoms with Crippen LogP contribution in [0.4, 0.5) is 0 Å². The van der Waals surface area contributed by atoms with Gasteiger partial charge in [-0.05, 0) is 29.5 Å². The molecule has 0 saturated carbocycles. The quantitative estimate of drug-likeness (QED) is 0.307. The van der Waals surface area contributed by atoms with Crippen LogP contribution in [0.15, 0.2) is 59.6 Å². The van der Waals surface area contributed by atoms with Crippen molar-refractivity contribution in [2.75, 3.05) is 46.4 Å². The van der Waals surface area contributed by atoms with E-state index in [1.807, 2.05) is 7.05 Å². The molecular weight excluding hydrogens is 525 g/mol.